The number of rotatable bonds is 4. The standard InChI is InChI=1S/C24H26N4O.CH2O2/c1-16-7-9-18(10-8-16)15-20-5-3-4-6-21(20)24(29)27-13-14-28-23(17(27)2)25-22(26-28)19-11-12-19;2-1-3/h3-10,17,19H,11-15H2,1-2H3;1H,(H,2,3)/t17-;/m1./s1. The van der Waals surface area contributed by atoms with Gasteiger partial charge >= 0.3 is 0 Å². The van der Waals surface area contributed by atoms with Crippen molar-refractivity contribution in [2.24, 2.45) is 0 Å². The van der Waals surface area contributed by atoms with Crippen LogP contribution in [0.25, 0.3) is 0 Å². The van der Waals surface area contributed by atoms with Gasteiger partial charge in [0.15, 0.2) is 5.82 Å². The van der Waals surface area contributed by atoms with E-state index in [0.29, 0.717) is 19.0 Å². The average Bonchev–Trinajstić information content (AvgIpc) is 3.55. The zero-order valence-electron chi connectivity index (χ0n) is 18.4. The molecule has 0 spiro atoms. The van der Waals surface area contributed by atoms with Crippen LogP contribution < -0.4 is 0 Å². The van der Waals surface area contributed by atoms with E-state index in [4.69, 9.17) is 14.9 Å². The second-order valence-corrected chi connectivity index (χ2v) is 8.43. The Morgan fingerprint density at radius 1 is 1.12 bits per heavy atom. The molecule has 1 aliphatic carbocycles. The molecule has 1 atom stereocenters. The number of nitrogens with zero attached hydrogens (tertiary/aromatic N) is 4. The maximum absolute atomic E-state index is 13.5. The molecule has 0 bridgehead atoms. The van der Waals surface area contributed by atoms with Crippen molar-refractivity contribution in [1.29, 1.82) is 0 Å². The zero-order valence-corrected chi connectivity index (χ0v) is 18.4. The van der Waals surface area contributed by atoms with Gasteiger partial charge in [0.2, 0.25) is 0 Å². The maximum Gasteiger partial charge on any atom is 0.290 e. The van der Waals surface area contributed by atoms with Gasteiger partial charge in [0, 0.05) is 18.0 Å². The molecule has 0 unspecified atom stereocenters. The van der Waals surface area contributed by atoms with Crippen LogP contribution in [0.2, 0.25) is 0 Å². The van der Waals surface area contributed by atoms with E-state index in [9.17, 15) is 4.79 Å². The predicted molar refractivity (Wildman–Crippen MR) is 121 cm³/mol. The highest BCUT2D eigenvalue weighted by Gasteiger charge is 2.35. The van der Waals surface area contributed by atoms with E-state index in [1.54, 1.807) is 0 Å². The quantitative estimate of drug-likeness (QED) is 0.630. The van der Waals surface area contributed by atoms with Gasteiger partial charge in [0.1, 0.15) is 5.82 Å². The fraction of sp³-hybridized carbons (Fsp3) is 0.360. The number of hydrogen-bond donors (Lipinski definition) is 1. The third-order valence-electron chi connectivity index (χ3n) is 6.08. The van der Waals surface area contributed by atoms with Gasteiger partial charge in [-0.3, -0.25) is 9.59 Å². The average molecular weight is 433 g/mol. The molecule has 2 heterocycles. The molecule has 0 saturated heterocycles. The highest BCUT2D eigenvalue weighted by atomic mass is 16.3. The summed E-state index contributed by atoms with van der Waals surface area (Å²) in [4.78, 5) is 28.6. The molecule has 2 aliphatic rings. The van der Waals surface area contributed by atoms with Crippen LogP contribution in [0.4, 0.5) is 0 Å². The van der Waals surface area contributed by atoms with Crippen molar-refractivity contribution >= 4 is 12.4 Å². The number of amides is 1. The summed E-state index contributed by atoms with van der Waals surface area (Å²) < 4.78 is 2.00. The van der Waals surface area contributed by atoms with E-state index < -0.39 is 0 Å². The first-order valence-electron chi connectivity index (χ1n) is 11.0. The molecule has 2 aromatic carbocycles. The number of aryl methyl sites for hydroxylation is 1. The van der Waals surface area contributed by atoms with Gasteiger partial charge in [-0.2, -0.15) is 5.10 Å². The molecular formula is C25H28N4O3. The van der Waals surface area contributed by atoms with Gasteiger partial charge in [0.05, 0.1) is 12.6 Å². The van der Waals surface area contributed by atoms with E-state index in [0.717, 1.165) is 29.2 Å². The molecule has 1 amide bonds. The maximum atomic E-state index is 13.5. The molecule has 7 nitrogen and oxygen atoms in total. The largest absolute Gasteiger partial charge is 0.483 e. The minimum Gasteiger partial charge on any atom is -0.483 e. The lowest BCUT2D eigenvalue weighted by Gasteiger charge is -2.33. The first-order chi connectivity index (χ1) is 15.5. The number of hydrogen-bond acceptors (Lipinski definition) is 4. The second-order valence-electron chi connectivity index (χ2n) is 8.43. The van der Waals surface area contributed by atoms with Crippen molar-refractivity contribution < 1.29 is 14.7 Å². The number of carbonyl (C=O) groups is 2. The van der Waals surface area contributed by atoms with Crippen molar-refractivity contribution in [1.82, 2.24) is 19.7 Å². The van der Waals surface area contributed by atoms with E-state index >= 15 is 0 Å². The molecule has 5 rings (SSSR count). The predicted octanol–water partition coefficient (Wildman–Crippen LogP) is 3.97. The third-order valence-corrected chi connectivity index (χ3v) is 6.08. The van der Waals surface area contributed by atoms with Gasteiger partial charge < -0.3 is 10.0 Å². The summed E-state index contributed by atoms with van der Waals surface area (Å²) >= 11 is 0. The molecule has 3 aromatic rings. The molecule has 1 saturated carbocycles. The summed E-state index contributed by atoms with van der Waals surface area (Å²) in [5, 5.41) is 11.6. The minimum atomic E-state index is -0.250. The van der Waals surface area contributed by atoms with Crippen LogP contribution in [-0.2, 0) is 17.8 Å². The van der Waals surface area contributed by atoms with Crippen LogP contribution >= 0.6 is 0 Å². The highest BCUT2D eigenvalue weighted by Crippen LogP contribution is 2.39. The van der Waals surface area contributed by atoms with Crippen molar-refractivity contribution in [3.05, 3.63) is 82.4 Å². The normalized spacial score (nSPS) is 17.2. The number of fused-ring (bicyclic) bond motifs is 1. The van der Waals surface area contributed by atoms with Crippen LogP contribution in [0, 0.1) is 6.92 Å². The summed E-state index contributed by atoms with van der Waals surface area (Å²) in [5.74, 6) is 2.49. The van der Waals surface area contributed by atoms with E-state index in [2.05, 4.69) is 49.3 Å². The Kier molecular flexibility index (Phi) is 6.35. The van der Waals surface area contributed by atoms with Crippen molar-refractivity contribution in [3.8, 4) is 0 Å². The van der Waals surface area contributed by atoms with Crippen LogP contribution in [0.5, 0.6) is 0 Å². The molecular weight excluding hydrogens is 404 g/mol. The fourth-order valence-electron chi connectivity index (χ4n) is 4.14. The molecule has 166 valence electrons. The Labute approximate surface area is 187 Å². The summed E-state index contributed by atoms with van der Waals surface area (Å²) in [6.45, 7) is 5.29. The van der Waals surface area contributed by atoms with Crippen molar-refractivity contribution in [2.75, 3.05) is 6.54 Å². The molecule has 1 fully saturated rings. The van der Waals surface area contributed by atoms with Crippen LogP contribution in [-0.4, -0.2) is 43.7 Å². The minimum absolute atomic E-state index is 0.0660. The zero-order chi connectivity index (χ0) is 22.7. The first-order valence-corrected chi connectivity index (χ1v) is 11.0. The topological polar surface area (TPSA) is 88.3 Å². The Morgan fingerprint density at radius 3 is 2.50 bits per heavy atom. The molecule has 0 radical (unpaired) electrons. The van der Waals surface area contributed by atoms with Gasteiger partial charge in [-0.1, -0.05) is 48.0 Å². The monoisotopic (exact) mass is 432 g/mol. The smallest absolute Gasteiger partial charge is 0.290 e. The second kappa shape index (κ2) is 9.34. The lowest BCUT2D eigenvalue weighted by atomic mass is 9.98. The molecule has 1 aromatic heterocycles. The van der Waals surface area contributed by atoms with Gasteiger partial charge in [-0.05, 0) is 50.3 Å². The Hall–Kier alpha value is -3.48. The molecule has 32 heavy (non-hydrogen) atoms. The number of benzene rings is 2. The fourth-order valence-corrected chi connectivity index (χ4v) is 4.14. The summed E-state index contributed by atoms with van der Waals surface area (Å²) in [6, 6.07) is 16.4. The van der Waals surface area contributed by atoms with Crippen LogP contribution in [0.3, 0.4) is 0 Å². The van der Waals surface area contributed by atoms with E-state index in [1.165, 1.54) is 24.0 Å². The number of aromatic nitrogens is 3. The van der Waals surface area contributed by atoms with E-state index in [-0.39, 0.29) is 18.4 Å². The Morgan fingerprint density at radius 2 is 1.81 bits per heavy atom. The lowest BCUT2D eigenvalue weighted by molar-refractivity contribution is -0.122. The first kappa shape index (κ1) is 21.7. The SMILES string of the molecule is Cc1ccc(Cc2ccccc2C(=O)N2CCn3nc(C4CC4)nc3[C@H]2C)cc1.O=CO. The van der Waals surface area contributed by atoms with Gasteiger partial charge in [-0.25, -0.2) is 9.67 Å². The van der Waals surface area contributed by atoms with Crippen LogP contribution in [0.15, 0.2) is 48.5 Å². The van der Waals surface area contributed by atoms with Gasteiger partial charge in [-0.15, -0.1) is 0 Å². The van der Waals surface area contributed by atoms with E-state index in [1.807, 2.05) is 27.8 Å². The Balaban J connectivity index is 0.000000775. The number of carboxylic acid groups (broad SMARTS) is 1. The van der Waals surface area contributed by atoms with Crippen molar-refractivity contribution in [2.45, 2.75) is 51.6 Å². The highest BCUT2D eigenvalue weighted by molar-refractivity contribution is 5.96. The molecule has 7 heteroatoms. The molecule has 1 aliphatic heterocycles. The summed E-state index contributed by atoms with van der Waals surface area (Å²) in [7, 11) is 0. The van der Waals surface area contributed by atoms with Gasteiger partial charge in [0.25, 0.3) is 12.4 Å². The summed E-state index contributed by atoms with van der Waals surface area (Å²) in [5.41, 5.74) is 4.32. The lowest BCUT2D eigenvalue weighted by Crippen LogP contribution is -2.41. The number of carbonyl (C=O) groups excluding carboxylic acids is 1. The summed E-state index contributed by atoms with van der Waals surface area (Å²) in [6.07, 6.45) is 3.13. The third kappa shape index (κ3) is 4.56. The van der Waals surface area contributed by atoms with Crippen LogP contribution in [0.1, 0.15) is 70.4 Å². The molecule has 1 N–H and O–H groups in total. The van der Waals surface area contributed by atoms with Crippen molar-refractivity contribution in [3.63, 3.8) is 0 Å². The Bertz CT molecular complexity index is 1100.